The van der Waals surface area contributed by atoms with Crippen LogP contribution in [0.2, 0.25) is 0 Å². The largest absolute Gasteiger partial charge is 0.374 e. The fourth-order valence-electron chi connectivity index (χ4n) is 2.70. The van der Waals surface area contributed by atoms with Gasteiger partial charge in [-0.05, 0) is 43.4 Å². The molecule has 0 radical (unpaired) electrons. The van der Waals surface area contributed by atoms with Crippen LogP contribution in [0.1, 0.15) is 45.2 Å². The van der Waals surface area contributed by atoms with Gasteiger partial charge in [-0.25, -0.2) is 4.39 Å². The number of benzene rings is 1. The molecule has 106 valence electrons. The smallest absolute Gasteiger partial charge is 0.123 e. The summed E-state index contributed by atoms with van der Waals surface area (Å²) < 4.78 is 18.8. The Labute approximate surface area is 115 Å². The van der Waals surface area contributed by atoms with Gasteiger partial charge in [-0.2, -0.15) is 0 Å². The third-order valence-electron chi connectivity index (χ3n) is 3.78. The van der Waals surface area contributed by atoms with Crippen LogP contribution in [-0.4, -0.2) is 18.8 Å². The van der Waals surface area contributed by atoms with E-state index in [4.69, 9.17) is 4.74 Å². The first-order valence-electron chi connectivity index (χ1n) is 7.20. The summed E-state index contributed by atoms with van der Waals surface area (Å²) in [6.07, 6.45) is 2.98. The molecule has 1 heterocycles. The molecular formula is C16H24FNO. The summed E-state index contributed by atoms with van der Waals surface area (Å²) in [7, 11) is 0. The lowest BCUT2D eigenvalue weighted by molar-refractivity contribution is 0.0533. The Balaban J connectivity index is 1.94. The van der Waals surface area contributed by atoms with Gasteiger partial charge in [0.25, 0.3) is 0 Å². The van der Waals surface area contributed by atoms with Gasteiger partial charge in [-0.3, -0.25) is 0 Å². The van der Waals surface area contributed by atoms with E-state index in [1.54, 1.807) is 0 Å². The molecule has 0 aromatic heterocycles. The van der Waals surface area contributed by atoms with Crippen molar-refractivity contribution in [3.05, 3.63) is 35.6 Å². The van der Waals surface area contributed by atoms with Crippen molar-refractivity contribution in [3.8, 4) is 0 Å². The molecule has 2 nitrogen and oxygen atoms in total. The number of hydrogen-bond acceptors (Lipinski definition) is 2. The van der Waals surface area contributed by atoms with Crippen LogP contribution in [0.3, 0.4) is 0 Å². The first-order chi connectivity index (χ1) is 9.06. The normalized spacial score (nSPS) is 24.9. The van der Waals surface area contributed by atoms with E-state index in [0.29, 0.717) is 18.1 Å². The van der Waals surface area contributed by atoms with E-state index < -0.39 is 0 Å². The summed E-state index contributed by atoms with van der Waals surface area (Å²) >= 11 is 0. The van der Waals surface area contributed by atoms with Gasteiger partial charge in [0.2, 0.25) is 0 Å². The molecule has 1 saturated heterocycles. The summed E-state index contributed by atoms with van der Waals surface area (Å²) in [6, 6.07) is 7.04. The van der Waals surface area contributed by atoms with Crippen molar-refractivity contribution in [2.24, 2.45) is 5.92 Å². The van der Waals surface area contributed by atoms with Crippen molar-refractivity contribution in [2.45, 2.75) is 51.9 Å². The standard InChI is InChI=1S/C16H24FNO/c1-11(2)16(13-5-7-14(17)8-6-13)18-10-15-9-4-12(3)19-15/h5-8,11-12,15-16,18H,4,9-10H2,1-3H3. The summed E-state index contributed by atoms with van der Waals surface area (Å²) in [5.74, 6) is 0.281. The average molecular weight is 265 g/mol. The lowest BCUT2D eigenvalue weighted by Gasteiger charge is -2.25. The maximum atomic E-state index is 13.0. The fourth-order valence-corrected chi connectivity index (χ4v) is 2.70. The molecule has 0 amide bonds. The van der Waals surface area contributed by atoms with Crippen molar-refractivity contribution >= 4 is 0 Å². The van der Waals surface area contributed by atoms with Gasteiger partial charge in [0, 0.05) is 12.6 Å². The monoisotopic (exact) mass is 265 g/mol. The van der Waals surface area contributed by atoms with Gasteiger partial charge in [0.05, 0.1) is 12.2 Å². The Morgan fingerprint density at radius 3 is 2.47 bits per heavy atom. The van der Waals surface area contributed by atoms with E-state index >= 15 is 0 Å². The SMILES string of the molecule is CC1CCC(CNC(c2ccc(F)cc2)C(C)C)O1. The second kappa shape index (κ2) is 6.49. The zero-order chi connectivity index (χ0) is 13.8. The predicted octanol–water partition coefficient (Wildman–Crippen LogP) is 3.68. The van der Waals surface area contributed by atoms with Crippen LogP contribution >= 0.6 is 0 Å². The van der Waals surface area contributed by atoms with Gasteiger partial charge in [-0.1, -0.05) is 26.0 Å². The van der Waals surface area contributed by atoms with E-state index in [2.05, 4.69) is 26.1 Å². The van der Waals surface area contributed by atoms with Crippen molar-refractivity contribution < 1.29 is 9.13 Å². The molecule has 0 spiro atoms. The summed E-state index contributed by atoms with van der Waals surface area (Å²) in [6.45, 7) is 7.35. The van der Waals surface area contributed by atoms with E-state index in [1.807, 2.05) is 12.1 Å². The molecule has 1 aromatic rings. The molecule has 2 rings (SSSR count). The average Bonchev–Trinajstić information content (AvgIpc) is 2.77. The number of ether oxygens (including phenoxy) is 1. The van der Waals surface area contributed by atoms with Crippen LogP contribution < -0.4 is 5.32 Å². The Morgan fingerprint density at radius 2 is 1.95 bits per heavy atom. The Kier molecular flexibility index (Phi) is 4.94. The highest BCUT2D eigenvalue weighted by Gasteiger charge is 2.23. The molecule has 0 aliphatic carbocycles. The number of rotatable bonds is 5. The van der Waals surface area contributed by atoms with Gasteiger partial charge < -0.3 is 10.1 Å². The maximum Gasteiger partial charge on any atom is 0.123 e. The molecule has 3 heteroatoms. The van der Waals surface area contributed by atoms with Crippen LogP contribution in [0, 0.1) is 11.7 Å². The topological polar surface area (TPSA) is 21.3 Å². The lowest BCUT2D eigenvalue weighted by atomic mass is 9.96. The highest BCUT2D eigenvalue weighted by Crippen LogP contribution is 2.24. The lowest BCUT2D eigenvalue weighted by Crippen LogP contribution is -2.33. The van der Waals surface area contributed by atoms with Gasteiger partial charge in [0.1, 0.15) is 5.82 Å². The van der Waals surface area contributed by atoms with Crippen molar-refractivity contribution in [1.82, 2.24) is 5.32 Å². The van der Waals surface area contributed by atoms with Crippen LogP contribution in [-0.2, 0) is 4.74 Å². The van der Waals surface area contributed by atoms with E-state index in [1.165, 1.54) is 12.1 Å². The molecule has 1 aromatic carbocycles. The minimum atomic E-state index is -0.181. The van der Waals surface area contributed by atoms with E-state index in [-0.39, 0.29) is 11.9 Å². The maximum absolute atomic E-state index is 13.0. The van der Waals surface area contributed by atoms with Gasteiger partial charge >= 0.3 is 0 Å². The molecule has 3 atom stereocenters. The van der Waals surface area contributed by atoms with Gasteiger partial charge in [-0.15, -0.1) is 0 Å². The Morgan fingerprint density at radius 1 is 1.26 bits per heavy atom. The molecule has 0 saturated carbocycles. The molecule has 3 unspecified atom stereocenters. The highest BCUT2D eigenvalue weighted by atomic mass is 19.1. The first-order valence-corrected chi connectivity index (χ1v) is 7.20. The molecule has 0 bridgehead atoms. The quantitative estimate of drug-likeness (QED) is 0.877. The Bertz CT molecular complexity index is 390. The number of halogens is 1. The van der Waals surface area contributed by atoms with E-state index in [9.17, 15) is 4.39 Å². The van der Waals surface area contributed by atoms with E-state index in [0.717, 1.165) is 24.9 Å². The summed E-state index contributed by atoms with van der Waals surface area (Å²) in [5.41, 5.74) is 1.14. The minimum Gasteiger partial charge on any atom is -0.374 e. The third-order valence-corrected chi connectivity index (χ3v) is 3.78. The molecule has 1 aliphatic rings. The van der Waals surface area contributed by atoms with Crippen molar-refractivity contribution in [2.75, 3.05) is 6.54 Å². The van der Waals surface area contributed by atoms with Crippen LogP contribution in [0.25, 0.3) is 0 Å². The molecule has 1 N–H and O–H groups in total. The predicted molar refractivity (Wildman–Crippen MR) is 75.6 cm³/mol. The van der Waals surface area contributed by atoms with Crippen LogP contribution in [0.15, 0.2) is 24.3 Å². The molecule has 19 heavy (non-hydrogen) atoms. The van der Waals surface area contributed by atoms with Crippen LogP contribution in [0.4, 0.5) is 4.39 Å². The van der Waals surface area contributed by atoms with Crippen LogP contribution in [0.5, 0.6) is 0 Å². The molecule has 1 fully saturated rings. The van der Waals surface area contributed by atoms with Gasteiger partial charge in [0.15, 0.2) is 0 Å². The molecular weight excluding hydrogens is 241 g/mol. The minimum absolute atomic E-state index is 0.181. The fraction of sp³-hybridized carbons (Fsp3) is 0.625. The zero-order valence-corrected chi connectivity index (χ0v) is 12.0. The number of nitrogens with one attached hydrogen (secondary N) is 1. The zero-order valence-electron chi connectivity index (χ0n) is 12.0. The van der Waals surface area contributed by atoms with Crippen molar-refractivity contribution in [1.29, 1.82) is 0 Å². The van der Waals surface area contributed by atoms with Crippen molar-refractivity contribution in [3.63, 3.8) is 0 Å². The number of hydrogen-bond donors (Lipinski definition) is 1. The Hall–Kier alpha value is -0.930. The second-order valence-corrected chi connectivity index (χ2v) is 5.83. The first kappa shape index (κ1) is 14.5. The highest BCUT2D eigenvalue weighted by molar-refractivity contribution is 5.20. The third kappa shape index (κ3) is 4.02. The molecule has 1 aliphatic heterocycles. The summed E-state index contributed by atoms with van der Waals surface area (Å²) in [4.78, 5) is 0. The second-order valence-electron chi connectivity index (χ2n) is 5.83. The summed E-state index contributed by atoms with van der Waals surface area (Å²) in [5, 5.41) is 3.57.